The van der Waals surface area contributed by atoms with Crippen LogP contribution in [-0.2, 0) is 14.8 Å². The Hall–Kier alpha value is 0.210. The van der Waals surface area contributed by atoms with Crippen molar-refractivity contribution in [3.05, 3.63) is 0 Å². The maximum absolute atomic E-state index is 12.3. The Morgan fingerprint density at radius 2 is 2.20 bits per heavy atom. The minimum atomic E-state index is -4.49. The van der Waals surface area contributed by atoms with Gasteiger partial charge in [0.05, 0.1) is 12.7 Å². The number of ether oxygens (including phenoxy) is 1. The molecule has 0 spiro atoms. The zero-order valence-corrected chi connectivity index (χ0v) is 10.5. The second-order valence-electron chi connectivity index (χ2n) is 3.33. The minimum absolute atomic E-state index is 0.0287. The van der Waals surface area contributed by atoms with Gasteiger partial charge < -0.3 is 4.74 Å². The molecule has 0 bridgehead atoms. The smallest absolute Gasteiger partial charge is 0.350 e. The molecular weight excluding hydrogens is 296 g/mol. The lowest BCUT2D eigenvalue weighted by Crippen LogP contribution is -2.52. The van der Waals surface area contributed by atoms with Gasteiger partial charge in [-0.15, -0.1) is 0 Å². The Balaban J connectivity index is 2.83. The summed E-state index contributed by atoms with van der Waals surface area (Å²) < 4.78 is 53.2. The van der Waals surface area contributed by atoms with Crippen molar-refractivity contribution in [1.82, 2.24) is 4.31 Å². The van der Waals surface area contributed by atoms with E-state index in [1.165, 1.54) is 0 Å². The van der Waals surface area contributed by atoms with Crippen molar-refractivity contribution in [3.8, 4) is 0 Å². The van der Waals surface area contributed by atoms with Crippen LogP contribution in [0.25, 0.3) is 0 Å². The van der Waals surface area contributed by atoms with Crippen LogP contribution < -0.4 is 0 Å². The number of morpholine rings is 1. The van der Waals surface area contributed by atoms with Gasteiger partial charge in [-0.2, -0.15) is 13.1 Å². The molecule has 2 atom stereocenters. The predicted molar refractivity (Wildman–Crippen MR) is 54.6 cm³/mol. The van der Waals surface area contributed by atoms with Gasteiger partial charge in [0.2, 0.25) is 0 Å². The van der Waals surface area contributed by atoms with Crippen molar-refractivity contribution < 1.29 is 21.9 Å². The van der Waals surface area contributed by atoms with Crippen LogP contribution >= 0.6 is 15.9 Å². The standard InChI is InChI=1S/C7H12BrF2NO3S/c1-5-4-14-6(2-8)3-11(5)15(12,13)7(9)10/h5-7H,2-4H2,1H3. The predicted octanol–water partition coefficient (Wildman–Crippen LogP) is 1.02. The first-order chi connectivity index (χ1) is 6.89. The van der Waals surface area contributed by atoms with Crippen molar-refractivity contribution in [2.24, 2.45) is 0 Å². The summed E-state index contributed by atoms with van der Waals surface area (Å²) in [6.45, 7) is 1.66. The quantitative estimate of drug-likeness (QED) is 0.732. The summed E-state index contributed by atoms with van der Waals surface area (Å²) in [6.07, 6.45) is -0.366. The van der Waals surface area contributed by atoms with Crippen LogP contribution in [-0.4, -0.2) is 49.1 Å². The van der Waals surface area contributed by atoms with Gasteiger partial charge in [0.25, 0.3) is 10.0 Å². The maximum Gasteiger partial charge on any atom is 0.350 e. The fourth-order valence-corrected chi connectivity index (χ4v) is 2.88. The topological polar surface area (TPSA) is 46.6 Å². The zero-order chi connectivity index (χ0) is 11.6. The third kappa shape index (κ3) is 2.86. The molecule has 1 rings (SSSR count). The number of rotatable bonds is 3. The molecule has 0 aliphatic carbocycles. The molecule has 1 fully saturated rings. The van der Waals surface area contributed by atoms with Crippen LogP contribution in [0.3, 0.4) is 0 Å². The Bertz CT molecular complexity index is 311. The van der Waals surface area contributed by atoms with Gasteiger partial charge in [-0.1, -0.05) is 15.9 Å². The normalized spacial score (nSPS) is 29.7. The number of hydrogen-bond acceptors (Lipinski definition) is 3. The molecule has 0 amide bonds. The van der Waals surface area contributed by atoms with Crippen LogP contribution in [0.1, 0.15) is 6.92 Å². The van der Waals surface area contributed by atoms with E-state index in [4.69, 9.17) is 4.74 Å². The summed E-state index contributed by atoms with van der Waals surface area (Å²) in [5.74, 6) is -3.37. The van der Waals surface area contributed by atoms with E-state index < -0.39 is 21.8 Å². The molecule has 2 unspecified atom stereocenters. The molecule has 1 aliphatic rings. The van der Waals surface area contributed by atoms with Gasteiger partial charge >= 0.3 is 5.76 Å². The van der Waals surface area contributed by atoms with E-state index in [1.54, 1.807) is 6.92 Å². The SMILES string of the molecule is CC1COC(CBr)CN1S(=O)(=O)C(F)F. The van der Waals surface area contributed by atoms with E-state index in [-0.39, 0.29) is 19.3 Å². The van der Waals surface area contributed by atoms with E-state index in [9.17, 15) is 17.2 Å². The molecule has 0 aromatic heterocycles. The third-order valence-electron chi connectivity index (χ3n) is 2.17. The highest BCUT2D eigenvalue weighted by Gasteiger charge is 2.39. The average Bonchev–Trinajstić information content (AvgIpc) is 2.18. The zero-order valence-electron chi connectivity index (χ0n) is 8.07. The number of sulfonamides is 1. The first kappa shape index (κ1) is 13.3. The van der Waals surface area contributed by atoms with Crippen LogP contribution in [0, 0.1) is 0 Å². The summed E-state index contributed by atoms with van der Waals surface area (Å²) in [6, 6.07) is -0.542. The van der Waals surface area contributed by atoms with Crippen LogP contribution in [0.4, 0.5) is 8.78 Å². The average molecular weight is 308 g/mol. The van der Waals surface area contributed by atoms with Crippen molar-refractivity contribution in [1.29, 1.82) is 0 Å². The van der Waals surface area contributed by atoms with E-state index in [0.717, 1.165) is 4.31 Å². The summed E-state index contributed by atoms with van der Waals surface area (Å²) in [5, 5.41) is 0.426. The highest BCUT2D eigenvalue weighted by molar-refractivity contribution is 9.09. The summed E-state index contributed by atoms with van der Waals surface area (Å²) in [7, 11) is -4.49. The Morgan fingerprint density at radius 1 is 1.60 bits per heavy atom. The Kier molecular flexibility index (Phi) is 4.45. The lowest BCUT2D eigenvalue weighted by molar-refractivity contribution is -0.0160. The number of alkyl halides is 3. The van der Waals surface area contributed by atoms with Crippen LogP contribution in [0.5, 0.6) is 0 Å². The maximum atomic E-state index is 12.3. The lowest BCUT2D eigenvalue weighted by Gasteiger charge is -2.36. The van der Waals surface area contributed by atoms with Gasteiger partial charge in [-0.25, -0.2) is 8.42 Å². The first-order valence-electron chi connectivity index (χ1n) is 4.36. The second-order valence-corrected chi connectivity index (χ2v) is 5.84. The largest absolute Gasteiger partial charge is 0.374 e. The molecule has 0 saturated carbocycles. The summed E-state index contributed by atoms with van der Waals surface area (Å²) in [4.78, 5) is 0. The fraction of sp³-hybridized carbons (Fsp3) is 1.00. The van der Waals surface area contributed by atoms with E-state index >= 15 is 0 Å². The van der Waals surface area contributed by atoms with E-state index in [2.05, 4.69) is 15.9 Å². The van der Waals surface area contributed by atoms with Crippen molar-refractivity contribution in [3.63, 3.8) is 0 Å². The van der Waals surface area contributed by atoms with Crippen LogP contribution in [0.15, 0.2) is 0 Å². The van der Waals surface area contributed by atoms with Gasteiger partial charge in [0.1, 0.15) is 0 Å². The van der Waals surface area contributed by atoms with E-state index in [1.807, 2.05) is 0 Å². The fourth-order valence-electron chi connectivity index (χ4n) is 1.34. The molecule has 15 heavy (non-hydrogen) atoms. The molecule has 1 saturated heterocycles. The molecule has 90 valence electrons. The van der Waals surface area contributed by atoms with Crippen molar-refractivity contribution in [2.45, 2.75) is 24.8 Å². The minimum Gasteiger partial charge on any atom is -0.374 e. The lowest BCUT2D eigenvalue weighted by atomic mass is 10.2. The highest BCUT2D eigenvalue weighted by atomic mass is 79.9. The molecule has 0 aromatic carbocycles. The number of nitrogens with zero attached hydrogens (tertiary/aromatic N) is 1. The monoisotopic (exact) mass is 307 g/mol. The molecular formula is C7H12BrF2NO3S. The summed E-state index contributed by atoms with van der Waals surface area (Å²) >= 11 is 3.13. The molecule has 4 nitrogen and oxygen atoms in total. The highest BCUT2D eigenvalue weighted by Crippen LogP contribution is 2.21. The summed E-state index contributed by atoms with van der Waals surface area (Å²) in [5.41, 5.74) is 0. The molecule has 1 aliphatic heterocycles. The van der Waals surface area contributed by atoms with Gasteiger partial charge in [0.15, 0.2) is 0 Å². The third-order valence-corrected chi connectivity index (χ3v) is 4.51. The molecule has 0 N–H and O–H groups in total. The molecule has 8 heteroatoms. The van der Waals surface area contributed by atoms with Gasteiger partial charge in [-0.05, 0) is 6.92 Å². The van der Waals surface area contributed by atoms with Crippen molar-refractivity contribution in [2.75, 3.05) is 18.5 Å². The number of halogens is 3. The Labute approximate surface area is 95.8 Å². The second kappa shape index (κ2) is 5.03. The van der Waals surface area contributed by atoms with Crippen molar-refractivity contribution >= 4 is 26.0 Å². The van der Waals surface area contributed by atoms with E-state index in [0.29, 0.717) is 5.33 Å². The molecule has 1 heterocycles. The number of hydrogen-bond donors (Lipinski definition) is 0. The Morgan fingerprint density at radius 3 is 2.67 bits per heavy atom. The van der Waals surface area contributed by atoms with Gasteiger partial charge in [-0.3, -0.25) is 0 Å². The first-order valence-corrected chi connectivity index (χ1v) is 6.98. The molecule has 0 radical (unpaired) electrons. The van der Waals surface area contributed by atoms with Gasteiger partial charge in [0, 0.05) is 17.9 Å². The van der Waals surface area contributed by atoms with Crippen LogP contribution in [0.2, 0.25) is 0 Å². The molecule has 0 aromatic rings.